The lowest BCUT2D eigenvalue weighted by atomic mass is 9.79. The molecule has 2 unspecified atom stereocenters. The van der Waals surface area contributed by atoms with Gasteiger partial charge in [-0.15, -0.1) is 0 Å². The Morgan fingerprint density at radius 3 is 2.89 bits per heavy atom. The maximum atomic E-state index is 9.38. The molecule has 0 radical (unpaired) electrons. The van der Waals surface area contributed by atoms with Crippen LogP contribution >= 0.6 is 0 Å². The summed E-state index contributed by atoms with van der Waals surface area (Å²) in [5.74, 6) is 1.65. The average Bonchev–Trinajstić information content (AvgIpc) is 2.45. The smallest absolute Gasteiger partial charge is 0.214 e. The van der Waals surface area contributed by atoms with E-state index in [1.54, 1.807) is 13.3 Å². The van der Waals surface area contributed by atoms with E-state index in [4.69, 9.17) is 4.74 Å². The number of ether oxygens (including phenoxy) is 1. The normalized spacial score (nSPS) is 23.7. The Morgan fingerprint density at radius 1 is 1.39 bits per heavy atom. The first-order valence-corrected chi connectivity index (χ1v) is 6.68. The van der Waals surface area contributed by atoms with E-state index in [9.17, 15) is 5.11 Å². The number of aliphatic hydroxyl groups excluding tert-OH is 1. The highest BCUT2D eigenvalue weighted by Gasteiger charge is 2.23. The Labute approximate surface area is 108 Å². The summed E-state index contributed by atoms with van der Waals surface area (Å²) in [4.78, 5) is 4.08. The third kappa shape index (κ3) is 3.35. The summed E-state index contributed by atoms with van der Waals surface area (Å²) in [6, 6.07) is 3.84. The fraction of sp³-hybridized carbons (Fsp3) is 0.643. The van der Waals surface area contributed by atoms with Crippen LogP contribution in [0.5, 0.6) is 5.88 Å². The molecule has 0 aromatic carbocycles. The summed E-state index contributed by atoms with van der Waals surface area (Å²) in [5.41, 5.74) is 1.03. The third-order valence-corrected chi connectivity index (χ3v) is 3.81. The number of methoxy groups -OCH3 is 1. The average molecular weight is 250 g/mol. The van der Waals surface area contributed by atoms with Gasteiger partial charge in [0.1, 0.15) is 0 Å². The molecule has 4 heteroatoms. The first-order valence-electron chi connectivity index (χ1n) is 6.68. The van der Waals surface area contributed by atoms with Crippen molar-refractivity contribution in [3.05, 3.63) is 18.3 Å². The van der Waals surface area contributed by atoms with Gasteiger partial charge in [-0.25, -0.2) is 4.98 Å². The quantitative estimate of drug-likeness (QED) is 0.842. The molecule has 1 aromatic heterocycles. The number of pyridine rings is 1. The minimum Gasteiger partial charge on any atom is -0.481 e. The maximum absolute atomic E-state index is 9.38. The van der Waals surface area contributed by atoms with Crippen molar-refractivity contribution in [2.24, 2.45) is 11.8 Å². The molecule has 1 aliphatic rings. The SMILES string of the molecule is COc1cc(NCC2CCCCC2CO)ccn1. The molecule has 4 nitrogen and oxygen atoms in total. The lowest BCUT2D eigenvalue weighted by molar-refractivity contribution is 0.141. The molecule has 0 saturated heterocycles. The predicted molar refractivity (Wildman–Crippen MR) is 71.8 cm³/mol. The molecule has 0 aliphatic heterocycles. The zero-order valence-corrected chi connectivity index (χ0v) is 10.9. The van der Waals surface area contributed by atoms with E-state index in [1.807, 2.05) is 12.1 Å². The van der Waals surface area contributed by atoms with Crippen molar-refractivity contribution >= 4 is 5.69 Å². The largest absolute Gasteiger partial charge is 0.481 e. The van der Waals surface area contributed by atoms with Gasteiger partial charge in [0.25, 0.3) is 0 Å². The van der Waals surface area contributed by atoms with Gasteiger partial charge in [-0.05, 0) is 30.7 Å². The second kappa shape index (κ2) is 6.59. The van der Waals surface area contributed by atoms with Gasteiger partial charge in [-0.3, -0.25) is 0 Å². The van der Waals surface area contributed by atoms with Gasteiger partial charge in [0.2, 0.25) is 5.88 Å². The van der Waals surface area contributed by atoms with Gasteiger partial charge in [0, 0.05) is 31.1 Å². The molecule has 0 spiro atoms. The van der Waals surface area contributed by atoms with Gasteiger partial charge in [0.15, 0.2) is 0 Å². The summed E-state index contributed by atoms with van der Waals surface area (Å²) >= 11 is 0. The number of hydrogen-bond donors (Lipinski definition) is 2. The van der Waals surface area contributed by atoms with E-state index in [-0.39, 0.29) is 0 Å². The van der Waals surface area contributed by atoms with Crippen molar-refractivity contribution in [3.8, 4) is 5.88 Å². The van der Waals surface area contributed by atoms with Crippen molar-refractivity contribution in [3.63, 3.8) is 0 Å². The summed E-state index contributed by atoms with van der Waals surface area (Å²) in [7, 11) is 1.62. The molecule has 0 bridgehead atoms. The molecule has 1 saturated carbocycles. The van der Waals surface area contributed by atoms with Crippen LogP contribution in [0.25, 0.3) is 0 Å². The molecule has 1 fully saturated rings. The van der Waals surface area contributed by atoms with E-state index in [0.717, 1.165) is 18.7 Å². The number of rotatable bonds is 5. The first-order chi connectivity index (χ1) is 8.83. The van der Waals surface area contributed by atoms with Crippen LogP contribution in [-0.2, 0) is 0 Å². The molecule has 1 aromatic rings. The molecule has 0 amide bonds. The molecule has 1 heterocycles. The number of hydrogen-bond acceptors (Lipinski definition) is 4. The van der Waals surface area contributed by atoms with Crippen LogP contribution in [-0.4, -0.2) is 30.4 Å². The number of aromatic nitrogens is 1. The van der Waals surface area contributed by atoms with Gasteiger partial charge in [-0.1, -0.05) is 12.8 Å². The summed E-state index contributed by atoms with van der Waals surface area (Å²) < 4.78 is 5.10. The maximum Gasteiger partial charge on any atom is 0.214 e. The van der Waals surface area contributed by atoms with Crippen LogP contribution in [0.15, 0.2) is 18.3 Å². The Balaban J connectivity index is 1.89. The molecule has 1 aliphatic carbocycles. The van der Waals surface area contributed by atoms with Crippen LogP contribution in [0.2, 0.25) is 0 Å². The Hall–Kier alpha value is -1.29. The van der Waals surface area contributed by atoms with Crippen LogP contribution in [0.3, 0.4) is 0 Å². The van der Waals surface area contributed by atoms with Crippen molar-refractivity contribution in [1.82, 2.24) is 4.98 Å². The topological polar surface area (TPSA) is 54.4 Å². The fourth-order valence-corrected chi connectivity index (χ4v) is 2.67. The van der Waals surface area contributed by atoms with E-state index < -0.39 is 0 Å². The monoisotopic (exact) mass is 250 g/mol. The highest BCUT2D eigenvalue weighted by atomic mass is 16.5. The highest BCUT2D eigenvalue weighted by Crippen LogP contribution is 2.30. The Kier molecular flexibility index (Phi) is 4.81. The minimum absolute atomic E-state index is 0.312. The first kappa shape index (κ1) is 13.1. The Morgan fingerprint density at radius 2 is 2.17 bits per heavy atom. The number of aliphatic hydroxyl groups is 1. The fourth-order valence-electron chi connectivity index (χ4n) is 2.67. The molecule has 18 heavy (non-hydrogen) atoms. The molecule has 2 atom stereocenters. The van der Waals surface area contributed by atoms with Crippen LogP contribution < -0.4 is 10.1 Å². The second-order valence-electron chi connectivity index (χ2n) is 4.95. The molecule has 100 valence electrons. The lowest BCUT2D eigenvalue weighted by Gasteiger charge is -2.30. The van der Waals surface area contributed by atoms with Gasteiger partial charge in [-0.2, -0.15) is 0 Å². The van der Waals surface area contributed by atoms with Crippen molar-refractivity contribution in [2.45, 2.75) is 25.7 Å². The second-order valence-corrected chi connectivity index (χ2v) is 4.95. The molecule has 2 N–H and O–H groups in total. The van der Waals surface area contributed by atoms with E-state index in [2.05, 4.69) is 10.3 Å². The number of nitrogens with zero attached hydrogens (tertiary/aromatic N) is 1. The van der Waals surface area contributed by atoms with Crippen LogP contribution in [0, 0.1) is 11.8 Å². The minimum atomic E-state index is 0.312. The highest BCUT2D eigenvalue weighted by molar-refractivity contribution is 5.44. The van der Waals surface area contributed by atoms with Gasteiger partial charge < -0.3 is 15.2 Å². The van der Waals surface area contributed by atoms with E-state index in [1.165, 1.54) is 19.3 Å². The zero-order valence-electron chi connectivity index (χ0n) is 10.9. The number of anilines is 1. The van der Waals surface area contributed by atoms with Crippen LogP contribution in [0.1, 0.15) is 25.7 Å². The molecular formula is C14H22N2O2. The number of nitrogens with one attached hydrogen (secondary N) is 1. The Bertz CT molecular complexity index is 371. The van der Waals surface area contributed by atoms with Gasteiger partial charge >= 0.3 is 0 Å². The molecule has 2 rings (SSSR count). The van der Waals surface area contributed by atoms with E-state index in [0.29, 0.717) is 24.3 Å². The predicted octanol–water partition coefficient (Wildman–Crippen LogP) is 2.30. The van der Waals surface area contributed by atoms with Gasteiger partial charge in [0.05, 0.1) is 7.11 Å². The standard InChI is InChI=1S/C14H22N2O2/c1-18-14-8-13(6-7-15-14)16-9-11-4-2-3-5-12(11)10-17/h6-8,11-12,17H,2-5,9-10H2,1H3,(H,15,16). The lowest BCUT2D eigenvalue weighted by Crippen LogP contribution is -2.28. The van der Waals surface area contributed by atoms with Crippen molar-refractivity contribution in [2.75, 3.05) is 25.6 Å². The van der Waals surface area contributed by atoms with E-state index >= 15 is 0 Å². The van der Waals surface area contributed by atoms with Crippen molar-refractivity contribution < 1.29 is 9.84 Å². The summed E-state index contributed by atoms with van der Waals surface area (Å²) in [5, 5.41) is 12.8. The third-order valence-electron chi connectivity index (χ3n) is 3.81. The molecular weight excluding hydrogens is 228 g/mol. The summed E-state index contributed by atoms with van der Waals surface area (Å²) in [6.45, 7) is 1.23. The van der Waals surface area contributed by atoms with Crippen LogP contribution in [0.4, 0.5) is 5.69 Å². The zero-order chi connectivity index (χ0) is 12.8. The summed E-state index contributed by atoms with van der Waals surface area (Å²) in [6.07, 6.45) is 6.64. The van der Waals surface area contributed by atoms with Crippen molar-refractivity contribution in [1.29, 1.82) is 0 Å².